The predicted octanol–water partition coefficient (Wildman–Crippen LogP) is -0.611. The van der Waals surface area contributed by atoms with Crippen LogP contribution in [0.2, 0.25) is 0 Å². The first-order valence-electron chi connectivity index (χ1n) is 1.23. The van der Waals surface area contributed by atoms with Crippen molar-refractivity contribution in [3.63, 3.8) is 0 Å². The van der Waals surface area contributed by atoms with E-state index in [2.05, 4.69) is 0 Å². The zero-order valence-corrected chi connectivity index (χ0v) is 3.70. The van der Waals surface area contributed by atoms with Crippen molar-refractivity contribution in [1.82, 2.24) is 0 Å². The predicted molar refractivity (Wildman–Crippen MR) is 24.5 cm³/mol. The number of hydrogen-bond acceptors (Lipinski definition) is 2. The highest BCUT2D eigenvalue weighted by atomic mass is 32.1. The molecular formula is C3H2O2S. The quantitative estimate of drug-likeness (QED) is 0.251. The number of rotatable bonds is 1. The summed E-state index contributed by atoms with van der Waals surface area (Å²) in [5.41, 5.74) is 0. The zero-order valence-electron chi connectivity index (χ0n) is 2.88. The second-order valence-electron chi connectivity index (χ2n) is 0.517. The molecule has 0 aliphatic heterocycles. The van der Waals surface area contributed by atoms with Gasteiger partial charge in [-0.3, -0.25) is 0 Å². The Balaban J connectivity index is 3.64. The van der Waals surface area contributed by atoms with Gasteiger partial charge in [-0.1, -0.05) is 0 Å². The maximum absolute atomic E-state index is 9.34. The van der Waals surface area contributed by atoms with E-state index in [0.717, 1.165) is 11.4 Å². The maximum Gasteiger partial charge on any atom is 0.125 e. The summed E-state index contributed by atoms with van der Waals surface area (Å²) in [6, 6.07) is 0. The molecule has 0 aromatic rings. The average molecular weight is 102 g/mol. The molecule has 6 heavy (non-hydrogen) atoms. The van der Waals surface area contributed by atoms with Gasteiger partial charge in [0, 0.05) is 11.4 Å². The van der Waals surface area contributed by atoms with Crippen molar-refractivity contribution in [2.45, 2.75) is 0 Å². The molecule has 0 radical (unpaired) electrons. The van der Waals surface area contributed by atoms with Crippen LogP contribution >= 0.6 is 0 Å². The Morgan fingerprint density at radius 1 is 1.67 bits per heavy atom. The lowest BCUT2D eigenvalue weighted by Gasteiger charge is -1.41. The molecular weight excluding hydrogens is 100 g/mol. The molecule has 0 fully saturated rings. The Bertz CT molecular complexity index is 101. The fourth-order valence-electron chi connectivity index (χ4n) is 0.0556. The van der Waals surface area contributed by atoms with Crippen molar-refractivity contribution < 1.29 is 9.00 Å². The van der Waals surface area contributed by atoms with Gasteiger partial charge in [-0.05, 0) is 0 Å². The molecule has 0 aliphatic carbocycles. The number of allylic oxidation sites excluding steroid dienone is 1. The second-order valence-corrected chi connectivity index (χ2v) is 0.981. The van der Waals surface area contributed by atoms with Gasteiger partial charge in [-0.25, -0.2) is 9.00 Å². The van der Waals surface area contributed by atoms with Crippen LogP contribution in [0.3, 0.4) is 0 Å². The van der Waals surface area contributed by atoms with E-state index in [0.29, 0.717) is 0 Å². The highest BCUT2D eigenvalue weighted by molar-refractivity contribution is 7.65. The van der Waals surface area contributed by atoms with Crippen molar-refractivity contribution in [2.75, 3.05) is 0 Å². The molecule has 0 spiro atoms. The van der Waals surface area contributed by atoms with E-state index in [9.17, 15) is 9.00 Å². The first-order chi connectivity index (χ1) is 2.91. The third-order valence-corrected chi connectivity index (χ3v) is 0.439. The highest BCUT2D eigenvalue weighted by Crippen LogP contribution is 1.38. The first kappa shape index (κ1) is 5.34. The third kappa shape index (κ3) is 3.34. The van der Waals surface area contributed by atoms with Gasteiger partial charge < -0.3 is 0 Å². The first-order valence-corrected chi connectivity index (χ1v) is 2.03. The molecule has 0 heterocycles. The van der Waals surface area contributed by atoms with Crippen LogP contribution in [-0.2, 0) is 16.1 Å². The third-order valence-electron chi connectivity index (χ3n) is 0.192. The van der Waals surface area contributed by atoms with E-state index < -0.39 is 0 Å². The van der Waals surface area contributed by atoms with Crippen molar-refractivity contribution in [3.8, 4) is 0 Å². The standard InChI is InChI=1S/C3H2O2S/c4-2-1-3-6-5/h1,3H. The van der Waals surface area contributed by atoms with Crippen LogP contribution in [0.4, 0.5) is 0 Å². The molecule has 0 aliphatic rings. The largest absolute Gasteiger partial charge is 0.233 e. The van der Waals surface area contributed by atoms with Crippen molar-refractivity contribution in [2.24, 2.45) is 0 Å². The second kappa shape index (κ2) is 4.34. The smallest absolute Gasteiger partial charge is 0.125 e. The molecule has 0 N–H and O–H groups in total. The van der Waals surface area contributed by atoms with Gasteiger partial charge in [0.05, 0.1) is 11.3 Å². The average Bonchev–Trinajstić information content (AvgIpc) is 1.61. The van der Waals surface area contributed by atoms with Crippen LogP contribution in [0.15, 0.2) is 6.08 Å². The minimum Gasteiger partial charge on any atom is -0.233 e. The molecule has 0 rings (SSSR count). The van der Waals surface area contributed by atoms with E-state index in [1.807, 2.05) is 0 Å². The fourth-order valence-corrected chi connectivity index (χ4v) is 0.167. The molecule has 0 amide bonds. The molecule has 0 aromatic heterocycles. The topological polar surface area (TPSA) is 34.1 Å². The van der Waals surface area contributed by atoms with Crippen LogP contribution in [0.25, 0.3) is 0 Å². The van der Waals surface area contributed by atoms with Crippen LogP contribution in [0.1, 0.15) is 0 Å². The normalized spacial score (nSPS) is 5.33. The molecule has 0 saturated carbocycles. The van der Waals surface area contributed by atoms with Gasteiger partial charge in [0.1, 0.15) is 5.94 Å². The summed E-state index contributed by atoms with van der Waals surface area (Å²) < 4.78 is 9.34. The van der Waals surface area contributed by atoms with Gasteiger partial charge in [0.25, 0.3) is 0 Å². The van der Waals surface area contributed by atoms with Gasteiger partial charge >= 0.3 is 0 Å². The van der Waals surface area contributed by atoms with Gasteiger partial charge in [0.2, 0.25) is 0 Å². The minimum atomic E-state index is 0.233. The Morgan fingerprint density at radius 3 is 2.50 bits per heavy atom. The molecule has 0 bridgehead atoms. The summed E-state index contributed by atoms with van der Waals surface area (Å²) in [6.45, 7) is 0. The van der Waals surface area contributed by atoms with Crippen molar-refractivity contribution >= 4 is 22.6 Å². The lowest BCUT2D eigenvalue weighted by atomic mass is 10.8. The Morgan fingerprint density at radius 2 is 2.33 bits per heavy atom. The van der Waals surface area contributed by atoms with E-state index in [1.165, 1.54) is 5.94 Å². The number of carbonyl (C=O) groups excluding carboxylic acids is 1. The maximum atomic E-state index is 9.34. The van der Waals surface area contributed by atoms with Crippen LogP contribution < -0.4 is 0 Å². The van der Waals surface area contributed by atoms with E-state index >= 15 is 0 Å². The van der Waals surface area contributed by atoms with Crippen molar-refractivity contribution in [3.05, 3.63) is 6.08 Å². The molecule has 0 unspecified atom stereocenters. The van der Waals surface area contributed by atoms with E-state index in [-0.39, 0.29) is 11.3 Å². The van der Waals surface area contributed by atoms with Gasteiger partial charge in [-0.15, -0.1) is 0 Å². The molecule has 0 saturated heterocycles. The lowest BCUT2D eigenvalue weighted by molar-refractivity contribution is 0.569. The summed E-state index contributed by atoms with van der Waals surface area (Å²) in [4.78, 5) is 9.20. The molecule has 2 nitrogen and oxygen atoms in total. The Kier molecular flexibility index (Phi) is 3.86. The van der Waals surface area contributed by atoms with E-state index in [4.69, 9.17) is 0 Å². The minimum absolute atomic E-state index is 0.233. The van der Waals surface area contributed by atoms with E-state index in [1.54, 1.807) is 0 Å². The molecule has 0 aromatic carbocycles. The summed E-state index contributed by atoms with van der Waals surface area (Å²) in [5.74, 6) is 1.42. The number of hydrogen-bond donors (Lipinski definition) is 0. The lowest BCUT2D eigenvalue weighted by Crippen LogP contribution is -1.56. The summed E-state index contributed by atoms with van der Waals surface area (Å²) in [5, 5.41) is 1.12. The summed E-state index contributed by atoms with van der Waals surface area (Å²) in [7, 11) is 0. The van der Waals surface area contributed by atoms with Crippen LogP contribution in [0, 0.1) is 0 Å². The van der Waals surface area contributed by atoms with Gasteiger partial charge in [-0.2, -0.15) is 0 Å². The monoisotopic (exact) mass is 102 g/mol. The Labute approximate surface area is 38.6 Å². The molecule has 32 valence electrons. The van der Waals surface area contributed by atoms with Crippen molar-refractivity contribution in [1.29, 1.82) is 0 Å². The van der Waals surface area contributed by atoms with Gasteiger partial charge in [0.15, 0.2) is 0 Å². The van der Waals surface area contributed by atoms with Crippen LogP contribution in [0.5, 0.6) is 0 Å². The summed E-state index contributed by atoms with van der Waals surface area (Å²) >= 11 is 0.233. The van der Waals surface area contributed by atoms with Crippen LogP contribution in [-0.4, -0.2) is 15.5 Å². The summed E-state index contributed by atoms with van der Waals surface area (Å²) in [6.07, 6.45) is 1.03. The Hall–Kier alpha value is -0.660. The zero-order chi connectivity index (χ0) is 4.83. The highest BCUT2D eigenvalue weighted by Gasteiger charge is 1.50. The fraction of sp³-hybridized carbons (Fsp3) is 0. The molecule has 3 heteroatoms. The molecule has 0 atom stereocenters. The SMILES string of the molecule is O=C=CC=S=O.